The van der Waals surface area contributed by atoms with E-state index in [9.17, 15) is 14.9 Å². The van der Waals surface area contributed by atoms with Gasteiger partial charge in [0.05, 0.1) is 24.7 Å². The number of carboxylic acid groups (broad SMARTS) is 1. The zero-order valence-electron chi connectivity index (χ0n) is 8.34. The number of nitro groups is 1. The molecule has 7 heteroatoms. The van der Waals surface area contributed by atoms with E-state index in [1.54, 1.807) is 0 Å². The molecule has 0 unspecified atom stereocenters. The fourth-order valence-electron chi connectivity index (χ4n) is 1.25. The van der Waals surface area contributed by atoms with Crippen LogP contribution in [0.25, 0.3) is 0 Å². The van der Waals surface area contributed by atoms with Crippen molar-refractivity contribution in [3.05, 3.63) is 33.4 Å². The minimum absolute atomic E-state index is 0.0826. The number of hydrogen-bond acceptors (Lipinski definition) is 5. The van der Waals surface area contributed by atoms with Crippen molar-refractivity contribution < 1.29 is 24.7 Å². The van der Waals surface area contributed by atoms with Gasteiger partial charge in [-0.05, 0) is 6.07 Å². The fourth-order valence-corrected chi connectivity index (χ4v) is 1.25. The van der Waals surface area contributed by atoms with E-state index < -0.39 is 28.8 Å². The van der Waals surface area contributed by atoms with E-state index in [0.717, 1.165) is 12.1 Å². The van der Waals surface area contributed by atoms with Crippen LogP contribution >= 0.6 is 0 Å². The van der Waals surface area contributed by atoms with Gasteiger partial charge in [0.15, 0.2) is 0 Å². The lowest BCUT2D eigenvalue weighted by molar-refractivity contribution is -0.385. The van der Waals surface area contributed by atoms with Crippen molar-refractivity contribution in [2.24, 2.45) is 0 Å². The van der Waals surface area contributed by atoms with E-state index in [4.69, 9.17) is 14.9 Å². The molecular weight excluding hydrogens is 218 g/mol. The van der Waals surface area contributed by atoms with Gasteiger partial charge in [0.1, 0.15) is 11.3 Å². The largest absolute Gasteiger partial charge is 0.496 e. The third-order valence-electron chi connectivity index (χ3n) is 2.00. The molecule has 0 saturated carbocycles. The molecule has 0 fully saturated rings. The van der Waals surface area contributed by atoms with Crippen molar-refractivity contribution >= 4 is 11.7 Å². The van der Waals surface area contributed by atoms with Crippen LogP contribution in [-0.2, 0) is 6.61 Å². The number of nitrogens with zero attached hydrogens (tertiary/aromatic N) is 1. The summed E-state index contributed by atoms with van der Waals surface area (Å²) in [6, 6.07) is 2.01. The standard InChI is InChI=1S/C9H9NO6/c1-16-8-3-7(10(14)15)6(9(12)13)2-5(8)4-11/h2-3,11H,4H2,1H3,(H,12,13). The zero-order valence-corrected chi connectivity index (χ0v) is 8.34. The molecule has 0 aliphatic rings. The molecule has 1 aromatic carbocycles. The van der Waals surface area contributed by atoms with E-state index in [0.29, 0.717) is 0 Å². The van der Waals surface area contributed by atoms with Gasteiger partial charge in [0.2, 0.25) is 0 Å². The van der Waals surface area contributed by atoms with Gasteiger partial charge in [-0.25, -0.2) is 4.79 Å². The first-order chi connectivity index (χ1) is 7.51. The van der Waals surface area contributed by atoms with Crippen LogP contribution in [0.15, 0.2) is 12.1 Å². The number of nitro benzene ring substituents is 1. The summed E-state index contributed by atoms with van der Waals surface area (Å²) in [4.78, 5) is 20.6. The molecule has 0 atom stereocenters. The molecule has 1 rings (SSSR count). The monoisotopic (exact) mass is 227 g/mol. The Bertz CT molecular complexity index is 401. The highest BCUT2D eigenvalue weighted by Crippen LogP contribution is 2.29. The number of ether oxygens (including phenoxy) is 1. The third kappa shape index (κ3) is 2.09. The second-order valence-electron chi connectivity index (χ2n) is 2.90. The Hall–Kier alpha value is -2.15. The Morgan fingerprint density at radius 1 is 1.56 bits per heavy atom. The summed E-state index contributed by atoms with van der Waals surface area (Å²) < 4.78 is 4.80. The van der Waals surface area contributed by atoms with Crippen molar-refractivity contribution in [2.45, 2.75) is 6.61 Å². The number of benzene rings is 1. The average Bonchev–Trinajstić information content (AvgIpc) is 2.26. The second kappa shape index (κ2) is 4.58. The summed E-state index contributed by atoms with van der Waals surface area (Å²) in [7, 11) is 1.28. The first kappa shape index (κ1) is 11.9. The summed E-state index contributed by atoms with van der Waals surface area (Å²) in [5.74, 6) is -1.34. The Morgan fingerprint density at radius 2 is 2.19 bits per heavy atom. The average molecular weight is 227 g/mol. The SMILES string of the molecule is COc1cc([N+](=O)[O-])c(C(=O)O)cc1CO. The smallest absolute Gasteiger partial charge is 0.342 e. The maximum atomic E-state index is 10.8. The molecule has 16 heavy (non-hydrogen) atoms. The van der Waals surface area contributed by atoms with E-state index >= 15 is 0 Å². The number of carbonyl (C=O) groups is 1. The number of aromatic carboxylic acids is 1. The van der Waals surface area contributed by atoms with Gasteiger partial charge in [0.25, 0.3) is 5.69 Å². The van der Waals surface area contributed by atoms with Gasteiger partial charge in [-0.15, -0.1) is 0 Å². The van der Waals surface area contributed by atoms with Crippen LogP contribution in [0.5, 0.6) is 5.75 Å². The molecule has 0 spiro atoms. The maximum Gasteiger partial charge on any atom is 0.342 e. The topological polar surface area (TPSA) is 110 Å². The molecular formula is C9H9NO6. The summed E-state index contributed by atoms with van der Waals surface area (Å²) in [5.41, 5.74) is -0.859. The van der Waals surface area contributed by atoms with Gasteiger partial charge in [-0.2, -0.15) is 0 Å². The Balaban J connectivity index is 3.47. The highest BCUT2D eigenvalue weighted by atomic mass is 16.6. The third-order valence-corrected chi connectivity index (χ3v) is 2.00. The van der Waals surface area contributed by atoms with Crippen LogP contribution in [0.1, 0.15) is 15.9 Å². The predicted molar refractivity (Wildman–Crippen MR) is 52.5 cm³/mol. The molecule has 0 saturated heterocycles. The first-order valence-corrected chi connectivity index (χ1v) is 4.20. The number of aliphatic hydroxyl groups excluding tert-OH is 1. The molecule has 0 bridgehead atoms. The second-order valence-corrected chi connectivity index (χ2v) is 2.90. The highest BCUT2D eigenvalue weighted by Gasteiger charge is 2.23. The van der Waals surface area contributed by atoms with Crippen molar-refractivity contribution in [3.63, 3.8) is 0 Å². The Morgan fingerprint density at radius 3 is 2.56 bits per heavy atom. The molecule has 0 amide bonds. The van der Waals surface area contributed by atoms with E-state index in [-0.39, 0.29) is 11.3 Å². The quantitative estimate of drug-likeness (QED) is 0.581. The van der Waals surface area contributed by atoms with Gasteiger partial charge in [-0.1, -0.05) is 0 Å². The van der Waals surface area contributed by atoms with Crippen molar-refractivity contribution in [3.8, 4) is 5.75 Å². The van der Waals surface area contributed by atoms with Crippen molar-refractivity contribution in [1.29, 1.82) is 0 Å². The molecule has 7 nitrogen and oxygen atoms in total. The molecule has 2 N–H and O–H groups in total. The summed E-state index contributed by atoms with van der Waals surface area (Å²) in [6.45, 7) is -0.457. The van der Waals surface area contributed by atoms with Gasteiger partial charge in [0, 0.05) is 5.56 Å². The van der Waals surface area contributed by atoms with Crippen LogP contribution in [0.3, 0.4) is 0 Å². The van der Waals surface area contributed by atoms with E-state index in [1.807, 2.05) is 0 Å². The number of hydrogen-bond donors (Lipinski definition) is 2. The lowest BCUT2D eigenvalue weighted by Crippen LogP contribution is -2.05. The lowest BCUT2D eigenvalue weighted by Gasteiger charge is -2.07. The zero-order chi connectivity index (χ0) is 12.3. The highest BCUT2D eigenvalue weighted by molar-refractivity contribution is 5.93. The van der Waals surface area contributed by atoms with E-state index in [1.165, 1.54) is 7.11 Å². The summed E-state index contributed by atoms with van der Waals surface area (Å²) in [6.07, 6.45) is 0. The number of rotatable bonds is 4. The number of aliphatic hydroxyl groups is 1. The van der Waals surface area contributed by atoms with Gasteiger partial charge >= 0.3 is 5.97 Å². The lowest BCUT2D eigenvalue weighted by atomic mass is 10.1. The Kier molecular flexibility index (Phi) is 3.41. The maximum absolute atomic E-state index is 10.8. The normalized spacial score (nSPS) is 9.88. The minimum atomic E-state index is -1.43. The first-order valence-electron chi connectivity index (χ1n) is 4.20. The van der Waals surface area contributed by atoms with Crippen molar-refractivity contribution in [2.75, 3.05) is 7.11 Å². The molecule has 86 valence electrons. The van der Waals surface area contributed by atoms with Crippen LogP contribution in [0.4, 0.5) is 5.69 Å². The molecule has 0 aliphatic carbocycles. The van der Waals surface area contributed by atoms with Crippen LogP contribution < -0.4 is 4.74 Å². The van der Waals surface area contributed by atoms with E-state index in [2.05, 4.69) is 0 Å². The van der Waals surface area contributed by atoms with Gasteiger partial charge < -0.3 is 14.9 Å². The van der Waals surface area contributed by atoms with Crippen LogP contribution in [-0.4, -0.2) is 28.2 Å². The molecule has 0 aromatic heterocycles. The molecule has 0 aliphatic heterocycles. The van der Waals surface area contributed by atoms with Crippen molar-refractivity contribution in [1.82, 2.24) is 0 Å². The number of carboxylic acids is 1. The summed E-state index contributed by atoms with van der Waals surface area (Å²) >= 11 is 0. The predicted octanol–water partition coefficient (Wildman–Crippen LogP) is 0.794. The number of methoxy groups -OCH3 is 1. The van der Waals surface area contributed by atoms with Gasteiger partial charge in [-0.3, -0.25) is 10.1 Å². The fraction of sp³-hybridized carbons (Fsp3) is 0.222. The Labute approximate surface area is 90.0 Å². The summed E-state index contributed by atoms with van der Waals surface area (Å²) in [5, 5.41) is 28.3. The van der Waals surface area contributed by atoms with Crippen LogP contribution in [0, 0.1) is 10.1 Å². The molecule has 1 aromatic rings. The minimum Gasteiger partial charge on any atom is -0.496 e. The van der Waals surface area contributed by atoms with Crippen LogP contribution in [0.2, 0.25) is 0 Å². The molecule has 0 heterocycles. The molecule has 0 radical (unpaired) electrons.